The van der Waals surface area contributed by atoms with Crippen molar-refractivity contribution in [3.8, 4) is 17.0 Å². The van der Waals surface area contributed by atoms with Crippen LogP contribution in [-0.4, -0.2) is 12.1 Å². The standard InChI is InChI=1S/C23H18ClFN2O/c1-14-3-4-16-12-21(15-5-7-17(25)8-6-15)27-23(19(16)11-14)26-18-9-10-22(28-2)20(24)13-18/h3-13H,1-2H3,(H,26,27). The molecule has 4 aromatic rings. The summed E-state index contributed by atoms with van der Waals surface area (Å²) in [7, 11) is 1.58. The Morgan fingerprint density at radius 1 is 0.964 bits per heavy atom. The smallest absolute Gasteiger partial charge is 0.138 e. The van der Waals surface area contributed by atoms with Crippen LogP contribution in [0.3, 0.4) is 0 Å². The van der Waals surface area contributed by atoms with Crippen molar-refractivity contribution in [2.45, 2.75) is 6.92 Å². The Morgan fingerprint density at radius 3 is 2.46 bits per heavy atom. The van der Waals surface area contributed by atoms with Crippen molar-refractivity contribution in [2.75, 3.05) is 12.4 Å². The van der Waals surface area contributed by atoms with Gasteiger partial charge in [-0.1, -0.05) is 29.3 Å². The number of hydrogen-bond acceptors (Lipinski definition) is 3. The molecule has 0 saturated heterocycles. The first kappa shape index (κ1) is 18.3. The molecule has 0 amide bonds. The summed E-state index contributed by atoms with van der Waals surface area (Å²) in [5, 5.41) is 5.92. The van der Waals surface area contributed by atoms with Gasteiger partial charge in [0.1, 0.15) is 17.4 Å². The fourth-order valence-corrected chi connectivity index (χ4v) is 3.36. The number of benzene rings is 3. The summed E-state index contributed by atoms with van der Waals surface area (Å²) in [4.78, 5) is 4.80. The van der Waals surface area contributed by atoms with Gasteiger partial charge in [0, 0.05) is 16.6 Å². The largest absolute Gasteiger partial charge is 0.495 e. The maximum atomic E-state index is 13.3. The molecule has 0 bridgehead atoms. The zero-order chi connectivity index (χ0) is 19.7. The number of aromatic nitrogens is 1. The Bertz CT molecular complexity index is 1160. The molecule has 140 valence electrons. The molecular weight excluding hydrogens is 375 g/mol. The normalized spacial score (nSPS) is 10.9. The predicted octanol–water partition coefficient (Wildman–Crippen LogP) is 6.75. The molecule has 28 heavy (non-hydrogen) atoms. The van der Waals surface area contributed by atoms with Crippen molar-refractivity contribution in [3.05, 3.63) is 83.1 Å². The summed E-state index contributed by atoms with van der Waals surface area (Å²) in [6.45, 7) is 2.04. The van der Waals surface area contributed by atoms with Gasteiger partial charge in [0.05, 0.1) is 17.8 Å². The third-order valence-corrected chi connectivity index (χ3v) is 4.84. The van der Waals surface area contributed by atoms with Gasteiger partial charge >= 0.3 is 0 Å². The second kappa shape index (κ2) is 7.49. The van der Waals surface area contributed by atoms with Crippen LogP contribution in [0.25, 0.3) is 22.0 Å². The number of fused-ring (bicyclic) bond motifs is 1. The number of methoxy groups -OCH3 is 1. The van der Waals surface area contributed by atoms with E-state index in [2.05, 4.69) is 23.5 Å². The molecule has 4 rings (SSSR count). The number of ether oxygens (including phenoxy) is 1. The molecule has 0 aliphatic carbocycles. The van der Waals surface area contributed by atoms with E-state index in [1.54, 1.807) is 25.3 Å². The van der Waals surface area contributed by atoms with Crippen LogP contribution >= 0.6 is 11.6 Å². The fraction of sp³-hybridized carbons (Fsp3) is 0.0870. The first-order valence-electron chi connectivity index (χ1n) is 8.81. The van der Waals surface area contributed by atoms with Gasteiger partial charge in [-0.25, -0.2) is 9.37 Å². The summed E-state index contributed by atoms with van der Waals surface area (Å²) in [5.74, 6) is 1.05. The molecule has 1 aromatic heterocycles. The summed E-state index contributed by atoms with van der Waals surface area (Å²) in [5.41, 5.74) is 3.55. The molecule has 0 aliphatic rings. The summed E-state index contributed by atoms with van der Waals surface area (Å²) in [6.07, 6.45) is 0. The highest BCUT2D eigenvalue weighted by atomic mass is 35.5. The van der Waals surface area contributed by atoms with Gasteiger partial charge in [-0.2, -0.15) is 0 Å². The molecule has 1 N–H and O–H groups in total. The van der Waals surface area contributed by atoms with Crippen molar-refractivity contribution in [1.29, 1.82) is 0 Å². The van der Waals surface area contributed by atoms with Crippen LogP contribution in [0.1, 0.15) is 5.56 Å². The lowest BCUT2D eigenvalue weighted by molar-refractivity contribution is 0.415. The molecule has 0 fully saturated rings. The number of aryl methyl sites for hydroxylation is 1. The summed E-state index contributed by atoms with van der Waals surface area (Å²) in [6, 6.07) is 20.0. The Balaban J connectivity index is 1.84. The average molecular weight is 393 g/mol. The molecule has 1 heterocycles. The summed E-state index contributed by atoms with van der Waals surface area (Å²) >= 11 is 6.26. The van der Waals surface area contributed by atoms with Gasteiger partial charge < -0.3 is 10.1 Å². The summed E-state index contributed by atoms with van der Waals surface area (Å²) < 4.78 is 18.5. The van der Waals surface area contributed by atoms with Crippen molar-refractivity contribution in [1.82, 2.24) is 4.98 Å². The van der Waals surface area contributed by atoms with Gasteiger partial charge in [-0.05, 0) is 66.9 Å². The number of hydrogen-bond donors (Lipinski definition) is 1. The van der Waals surface area contributed by atoms with Gasteiger partial charge in [0.15, 0.2) is 0 Å². The van der Waals surface area contributed by atoms with E-state index in [0.29, 0.717) is 16.6 Å². The highest BCUT2D eigenvalue weighted by Crippen LogP contribution is 2.33. The number of rotatable bonds is 4. The second-order valence-electron chi connectivity index (χ2n) is 6.56. The number of anilines is 2. The van der Waals surface area contributed by atoms with E-state index in [0.717, 1.165) is 33.3 Å². The topological polar surface area (TPSA) is 34.1 Å². The molecule has 3 nitrogen and oxygen atoms in total. The number of pyridine rings is 1. The molecule has 0 saturated carbocycles. The first-order valence-corrected chi connectivity index (χ1v) is 9.19. The van der Waals surface area contributed by atoms with Crippen LogP contribution in [-0.2, 0) is 0 Å². The van der Waals surface area contributed by atoms with E-state index in [-0.39, 0.29) is 5.82 Å². The molecule has 0 spiro atoms. The van der Waals surface area contributed by atoms with Crippen LogP contribution < -0.4 is 10.1 Å². The number of halogens is 2. The molecular formula is C23H18ClFN2O. The van der Waals surface area contributed by atoms with Gasteiger partial charge in [0.25, 0.3) is 0 Å². The molecule has 0 atom stereocenters. The first-order chi connectivity index (χ1) is 13.5. The average Bonchev–Trinajstić information content (AvgIpc) is 2.69. The van der Waals surface area contributed by atoms with Crippen LogP contribution in [0.2, 0.25) is 5.02 Å². The van der Waals surface area contributed by atoms with Gasteiger partial charge in [-0.3, -0.25) is 0 Å². The van der Waals surface area contributed by atoms with Gasteiger partial charge in [-0.15, -0.1) is 0 Å². The molecule has 0 aliphatic heterocycles. The van der Waals surface area contributed by atoms with E-state index in [9.17, 15) is 4.39 Å². The Hall–Kier alpha value is -3.11. The minimum absolute atomic E-state index is 0.272. The fourth-order valence-electron chi connectivity index (χ4n) is 3.11. The third-order valence-electron chi connectivity index (χ3n) is 4.54. The van der Waals surface area contributed by atoms with Crippen LogP contribution in [0, 0.1) is 12.7 Å². The molecule has 0 radical (unpaired) electrons. The maximum absolute atomic E-state index is 13.3. The predicted molar refractivity (Wildman–Crippen MR) is 113 cm³/mol. The zero-order valence-corrected chi connectivity index (χ0v) is 16.2. The Morgan fingerprint density at radius 2 is 1.75 bits per heavy atom. The highest BCUT2D eigenvalue weighted by Gasteiger charge is 2.10. The van der Waals surface area contributed by atoms with E-state index in [4.69, 9.17) is 21.3 Å². The monoisotopic (exact) mass is 392 g/mol. The van der Waals surface area contributed by atoms with Crippen LogP contribution in [0.5, 0.6) is 5.75 Å². The highest BCUT2D eigenvalue weighted by molar-refractivity contribution is 6.32. The SMILES string of the molecule is COc1ccc(Nc2nc(-c3ccc(F)cc3)cc3ccc(C)cc23)cc1Cl. The second-order valence-corrected chi connectivity index (χ2v) is 6.97. The van der Waals surface area contributed by atoms with E-state index in [1.807, 2.05) is 25.1 Å². The van der Waals surface area contributed by atoms with E-state index >= 15 is 0 Å². The van der Waals surface area contributed by atoms with E-state index < -0.39 is 0 Å². The minimum atomic E-state index is -0.272. The third kappa shape index (κ3) is 3.64. The van der Waals surface area contributed by atoms with Crippen molar-refractivity contribution in [3.63, 3.8) is 0 Å². The van der Waals surface area contributed by atoms with Crippen molar-refractivity contribution < 1.29 is 9.13 Å². The molecule has 5 heteroatoms. The van der Waals surface area contributed by atoms with Crippen molar-refractivity contribution >= 4 is 33.9 Å². The van der Waals surface area contributed by atoms with E-state index in [1.165, 1.54) is 12.1 Å². The van der Waals surface area contributed by atoms with Crippen LogP contribution in [0.15, 0.2) is 66.7 Å². The lowest BCUT2D eigenvalue weighted by Gasteiger charge is -2.13. The quantitative estimate of drug-likeness (QED) is 0.417. The Labute approximate surface area is 167 Å². The minimum Gasteiger partial charge on any atom is -0.495 e. The molecule has 3 aromatic carbocycles. The van der Waals surface area contributed by atoms with Crippen molar-refractivity contribution in [2.24, 2.45) is 0 Å². The Kier molecular flexibility index (Phi) is 4.88. The van der Waals surface area contributed by atoms with Gasteiger partial charge in [0.2, 0.25) is 0 Å². The van der Waals surface area contributed by atoms with Crippen LogP contribution in [0.4, 0.5) is 15.9 Å². The zero-order valence-electron chi connectivity index (χ0n) is 15.5. The number of nitrogens with one attached hydrogen (secondary N) is 1. The lowest BCUT2D eigenvalue weighted by Crippen LogP contribution is -1.98. The molecule has 0 unspecified atom stereocenters. The lowest BCUT2D eigenvalue weighted by atomic mass is 10.0. The number of nitrogens with zero attached hydrogens (tertiary/aromatic N) is 1. The maximum Gasteiger partial charge on any atom is 0.138 e.